The molecule has 27 heavy (non-hydrogen) atoms. The number of aryl methyl sites for hydroxylation is 1. The first-order valence-electron chi connectivity index (χ1n) is 8.74. The predicted molar refractivity (Wildman–Crippen MR) is 109 cm³/mol. The van der Waals surface area contributed by atoms with Gasteiger partial charge in [0.25, 0.3) is 5.91 Å². The zero-order valence-corrected chi connectivity index (χ0v) is 16.4. The highest BCUT2D eigenvalue weighted by Crippen LogP contribution is 2.39. The normalized spacial score (nSPS) is 10.5. The van der Waals surface area contributed by atoms with Crippen LogP contribution < -0.4 is 14.8 Å². The summed E-state index contributed by atoms with van der Waals surface area (Å²) in [7, 11) is 3.26. The third kappa shape index (κ3) is 4.28. The molecule has 5 nitrogen and oxygen atoms in total. The van der Waals surface area contributed by atoms with Crippen molar-refractivity contribution in [1.82, 2.24) is 4.98 Å². The molecule has 140 valence electrons. The van der Waals surface area contributed by atoms with Crippen molar-refractivity contribution in [2.75, 3.05) is 19.5 Å². The van der Waals surface area contributed by atoms with Crippen LogP contribution in [0.1, 0.15) is 28.6 Å². The number of thiazole rings is 1. The summed E-state index contributed by atoms with van der Waals surface area (Å²) < 4.78 is 10.9. The van der Waals surface area contributed by atoms with E-state index in [9.17, 15) is 4.79 Å². The average molecular weight is 382 g/mol. The monoisotopic (exact) mass is 382 g/mol. The van der Waals surface area contributed by atoms with E-state index < -0.39 is 0 Å². The van der Waals surface area contributed by atoms with Crippen LogP contribution in [0.2, 0.25) is 0 Å². The van der Waals surface area contributed by atoms with Gasteiger partial charge in [0.15, 0.2) is 5.13 Å². The first-order valence-corrected chi connectivity index (χ1v) is 9.56. The minimum atomic E-state index is -0.170. The van der Waals surface area contributed by atoms with Crippen LogP contribution in [0.25, 0.3) is 11.3 Å². The van der Waals surface area contributed by atoms with E-state index in [4.69, 9.17) is 14.5 Å². The van der Waals surface area contributed by atoms with Crippen LogP contribution in [-0.2, 0) is 6.42 Å². The van der Waals surface area contributed by atoms with Crippen molar-refractivity contribution in [3.8, 4) is 22.8 Å². The number of carbonyl (C=O) groups is 1. The number of rotatable bonds is 7. The third-order valence-electron chi connectivity index (χ3n) is 4.09. The second-order valence-corrected chi connectivity index (χ2v) is 7.01. The summed E-state index contributed by atoms with van der Waals surface area (Å²) in [4.78, 5) is 18.3. The number of nitrogens with zero attached hydrogens (tertiary/aromatic N) is 1. The fourth-order valence-corrected chi connectivity index (χ4v) is 3.84. The maximum atomic E-state index is 12.5. The Morgan fingerprint density at radius 1 is 1.11 bits per heavy atom. The Bertz CT molecular complexity index is 922. The predicted octanol–water partition coefficient (Wildman–Crippen LogP) is 5.03. The second kappa shape index (κ2) is 8.68. The second-order valence-electron chi connectivity index (χ2n) is 5.93. The molecule has 0 saturated heterocycles. The molecule has 3 aromatic rings. The number of benzene rings is 2. The Kier molecular flexibility index (Phi) is 6.08. The number of carbonyl (C=O) groups excluding carboxylic acids is 1. The van der Waals surface area contributed by atoms with Crippen molar-refractivity contribution in [1.29, 1.82) is 0 Å². The Labute approximate surface area is 163 Å². The van der Waals surface area contributed by atoms with E-state index in [2.05, 4.69) is 12.2 Å². The first-order chi connectivity index (χ1) is 13.2. The zero-order valence-electron chi connectivity index (χ0n) is 15.6. The number of hydrogen-bond acceptors (Lipinski definition) is 5. The third-order valence-corrected chi connectivity index (χ3v) is 5.12. The van der Waals surface area contributed by atoms with E-state index in [0.717, 1.165) is 40.5 Å². The first kappa shape index (κ1) is 18.9. The summed E-state index contributed by atoms with van der Waals surface area (Å²) in [5.41, 5.74) is 2.28. The highest BCUT2D eigenvalue weighted by Gasteiger charge is 2.18. The molecular formula is C21H22N2O3S. The van der Waals surface area contributed by atoms with Gasteiger partial charge in [-0.3, -0.25) is 10.1 Å². The van der Waals surface area contributed by atoms with Gasteiger partial charge in [0, 0.05) is 16.0 Å². The molecule has 3 rings (SSSR count). The summed E-state index contributed by atoms with van der Waals surface area (Å²) >= 11 is 1.50. The molecule has 0 fully saturated rings. The Hall–Kier alpha value is -2.86. The van der Waals surface area contributed by atoms with Crippen molar-refractivity contribution < 1.29 is 14.3 Å². The molecule has 0 aliphatic carbocycles. The van der Waals surface area contributed by atoms with Crippen molar-refractivity contribution in [3.05, 3.63) is 59.0 Å². The molecule has 1 aromatic heterocycles. The largest absolute Gasteiger partial charge is 0.497 e. The summed E-state index contributed by atoms with van der Waals surface area (Å²) in [6, 6.07) is 14.8. The molecule has 0 bridgehead atoms. The highest BCUT2D eigenvalue weighted by atomic mass is 32.1. The SMILES string of the molecule is CCCc1sc(NC(=O)c2ccccc2)nc1-c1cc(OC)ccc1OC. The van der Waals surface area contributed by atoms with Crippen molar-refractivity contribution >= 4 is 22.4 Å². The molecule has 0 radical (unpaired) electrons. The number of nitrogens with one attached hydrogen (secondary N) is 1. The van der Waals surface area contributed by atoms with Crippen LogP contribution in [0, 0.1) is 0 Å². The molecular weight excluding hydrogens is 360 g/mol. The molecule has 0 atom stereocenters. The maximum absolute atomic E-state index is 12.5. The molecule has 0 unspecified atom stereocenters. The zero-order chi connectivity index (χ0) is 19.2. The van der Waals surface area contributed by atoms with E-state index in [0.29, 0.717) is 10.7 Å². The van der Waals surface area contributed by atoms with E-state index in [1.54, 1.807) is 26.4 Å². The molecule has 0 aliphatic heterocycles. The minimum absolute atomic E-state index is 0.170. The van der Waals surface area contributed by atoms with E-state index in [-0.39, 0.29) is 5.91 Å². The number of hydrogen-bond donors (Lipinski definition) is 1. The van der Waals surface area contributed by atoms with E-state index in [1.807, 2.05) is 36.4 Å². The number of aromatic nitrogens is 1. The molecule has 6 heteroatoms. The van der Waals surface area contributed by atoms with Gasteiger partial charge in [-0.2, -0.15) is 0 Å². The highest BCUT2D eigenvalue weighted by molar-refractivity contribution is 7.16. The number of ether oxygens (including phenoxy) is 2. The summed E-state index contributed by atoms with van der Waals surface area (Å²) in [6.07, 6.45) is 1.85. The maximum Gasteiger partial charge on any atom is 0.257 e. The smallest absolute Gasteiger partial charge is 0.257 e. The lowest BCUT2D eigenvalue weighted by molar-refractivity contribution is 0.102. The van der Waals surface area contributed by atoms with Crippen LogP contribution in [0.15, 0.2) is 48.5 Å². The van der Waals surface area contributed by atoms with Crippen LogP contribution >= 0.6 is 11.3 Å². The van der Waals surface area contributed by atoms with Crippen LogP contribution in [0.4, 0.5) is 5.13 Å². The van der Waals surface area contributed by atoms with E-state index >= 15 is 0 Å². The molecule has 0 aliphatic rings. The number of amides is 1. The number of anilines is 1. The molecule has 0 spiro atoms. The van der Waals surface area contributed by atoms with Crippen molar-refractivity contribution in [2.24, 2.45) is 0 Å². The molecule has 0 saturated carbocycles. The molecule has 2 aromatic carbocycles. The van der Waals surface area contributed by atoms with Gasteiger partial charge < -0.3 is 9.47 Å². The summed E-state index contributed by atoms with van der Waals surface area (Å²) in [6.45, 7) is 2.12. The summed E-state index contributed by atoms with van der Waals surface area (Å²) in [5, 5.41) is 3.49. The van der Waals surface area contributed by atoms with Gasteiger partial charge in [-0.1, -0.05) is 31.5 Å². The molecule has 1 heterocycles. The Balaban J connectivity index is 1.98. The van der Waals surface area contributed by atoms with Gasteiger partial charge in [-0.15, -0.1) is 11.3 Å². The van der Waals surface area contributed by atoms with Gasteiger partial charge >= 0.3 is 0 Å². The van der Waals surface area contributed by atoms with Crippen molar-refractivity contribution in [2.45, 2.75) is 19.8 Å². The average Bonchev–Trinajstić information content (AvgIpc) is 3.10. The molecule has 1 amide bonds. The quantitative estimate of drug-likeness (QED) is 0.622. The van der Waals surface area contributed by atoms with Gasteiger partial charge in [0.05, 0.1) is 19.9 Å². The standard InChI is InChI=1S/C21H22N2O3S/c1-4-8-18-19(16-13-15(25-2)11-12-17(16)26-3)22-21(27-18)23-20(24)14-9-6-5-7-10-14/h5-7,9-13H,4,8H2,1-3H3,(H,22,23,24). The van der Waals surface area contributed by atoms with E-state index in [1.165, 1.54) is 11.3 Å². The van der Waals surface area contributed by atoms with Crippen LogP contribution in [-0.4, -0.2) is 25.1 Å². The van der Waals surface area contributed by atoms with Gasteiger partial charge in [-0.05, 0) is 36.8 Å². The van der Waals surface area contributed by atoms with Crippen LogP contribution in [0.5, 0.6) is 11.5 Å². The summed E-state index contributed by atoms with van der Waals surface area (Å²) in [5.74, 6) is 1.28. The van der Waals surface area contributed by atoms with Crippen molar-refractivity contribution in [3.63, 3.8) is 0 Å². The topological polar surface area (TPSA) is 60.5 Å². The lowest BCUT2D eigenvalue weighted by atomic mass is 10.1. The lowest BCUT2D eigenvalue weighted by Crippen LogP contribution is -2.11. The number of methoxy groups -OCH3 is 2. The van der Waals surface area contributed by atoms with Gasteiger partial charge in [0.1, 0.15) is 11.5 Å². The van der Waals surface area contributed by atoms with Gasteiger partial charge in [-0.25, -0.2) is 4.98 Å². The minimum Gasteiger partial charge on any atom is -0.497 e. The Morgan fingerprint density at radius 3 is 2.56 bits per heavy atom. The van der Waals surface area contributed by atoms with Crippen LogP contribution in [0.3, 0.4) is 0 Å². The lowest BCUT2D eigenvalue weighted by Gasteiger charge is -2.10. The Morgan fingerprint density at radius 2 is 1.89 bits per heavy atom. The fraction of sp³-hybridized carbons (Fsp3) is 0.238. The van der Waals surface area contributed by atoms with Gasteiger partial charge in [0.2, 0.25) is 0 Å². The molecule has 1 N–H and O–H groups in total. The fourth-order valence-electron chi connectivity index (χ4n) is 2.77.